The van der Waals surface area contributed by atoms with Gasteiger partial charge in [-0.2, -0.15) is 0 Å². The highest BCUT2D eigenvalue weighted by molar-refractivity contribution is 5.43. The monoisotopic (exact) mass is 220 g/mol. The maximum absolute atomic E-state index is 10.8. The molecule has 0 bridgehead atoms. The van der Waals surface area contributed by atoms with Crippen molar-refractivity contribution in [3.8, 4) is 0 Å². The van der Waals surface area contributed by atoms with E-state index in [0.29, 0.717) is 11.5 Å². The van der Waals surface area contributed by atoms with Crippen molar-refractivity contribution < 1.29 is 4.92 Å². The van der Waals surface area contributed by atoms with Crippen LogP contribution >= 0.6 is 0 Å². The number of nitro benzene ring substituents is 1. The first-order chi connectivity index (χ1) is 7.59. The predicted octanol–water partition coefficient (Wildman–Crippen LogP) is 2.70. The first-order valence-electron chi connectivity index (χ1n) is 5.60. The number of nitrogens with two attached hydrogens (primary N) is 1. The normalized spacial score (nSPS) is 17.9. The van der Waals surface area contributed by atoms with Crippen molar-refractivity contribution in [2.24, 2.45) is 11.7 Å². The minimum absolute atomic E-state index is 0.0481. The molecule has 0 saturated heterocycles. The highest BCUT2D eigenvalue weighted by Gasteiger charge is 2.26. The van der Waals surface area contributed by atoms with E-state index in [1.54, 1.807) is 19.1 Å². The summed E-state index contributed by atoms with van der Waals surface area (Å²) in [5.74, 6) is 0.502. The molecule has 1 aromatic carbocycles. The third kappa shape index (κ3) is 1.93. The molecule has 0 radical (unpaired) electrons. The number of nitrogens with zero attached hydrogens (tertiary/aromatic N) is 1. The molecule has 0 unspecified atom stereocenters. The molecule has 1 aliphatic carbocycles. The Morgan fingerprint density at radius 2 is 2.19 bits per heavy atom. The van der Waals surface area contributed by atoms with Gasteiger partial charge in [0.25, 0.3) is 5.69 Å². The van der Waals surface area contributed by atoms with Gasteiger partial charge in [0, 0.05) is 17.7 Å². The molecule has 0 spiro atoms. The van der Waals surface area contributed by atoms with E-state index in [9.17, 15) is 10.1 Å². The van der Waals surface area contributed by atoms with Crippen LogP contribution in [0.2, 0.25) is 0 Å². The van der Waals surface area contributed by atoms with Crippen molar-refractivity contribution in [2.75, 3.05) is 0 Å². The van der Waals surface area contributed by atoms with E-state index in [1.807, 2.05) is 6.07 Å². The summed E-state index contributed by atoms with van der Waals surface area (Å²) >= 11 is 0. The topological polar surface area (TPSA) is 69.2 Å². The molecule has 1 aliphatic rings. The van der Waals surface area contributed by atoms with Gasteiger partial charge in [-0.3, -0.25) is 10.1 Å². The summed E-state index contributed by atoms with van der Waals surface area (Å²) in [5, 5.41) is 10.8. The lowest BCUT2D eigenvalue weighted by Gasteiger charge is -2.31. The van der Waals surface area contributed by atoms with Crippen LogP contribution in [0.1, 0.15) is 36.4 Å². The molecule has 16 heavy (non-hydrogen) atoms. The van der Waals surface area contributed by atoms with Crippen LogP contribution in [0.15, 0.2) is 18.2 Å². The molecule has 1 fully saturated rings. The summed E-state index contributed by atoms with van der Waals surface area (Å²) < 4.78 is 0. The average Bonchev–Trinajstić information content (AvgIpc) is 2.15. The first-order valence-corrected chi connectivity index (χ1v) is 5.60. The van der Waals surface area contributed by atoms with E-state index in [1.165, 1.54) is 6.42 Å². The van der Waals surface area contributed by atoms with Gasteiger partial charge < -0.3 is 5.73 Å². The number of hydrogen-bond acceptors (Lipinski definition) is 3. The van der Waals surface area contributed by atoms with Crippen LogP contribution in [0.5, 0.6) is 0 Å². The lowest BCUT2D eigenvalue weighted by Crippen LogP contribution is -2.26. The van der Waals surface area contributed by atoms with Crippen LogP contribution in [0.3, 0.4) is 0 Å². The van der Waals surface area contributed by atoms with Crippen molar-refractivity contribution in [3.63, 3.8) is 0 Å². The molecule has 86 valence electrons. The minimum atomic E-state index is -0.341. The number of rotatable bonds is 3. The minimum Gasteiger partial charge on any atom is -0.324 e. The summed E-state index contributed by atoms with van der Waals surface area (Å²) in [5.41, 5.74) is 7.85. The third-order valence-electron chi connectivity index (χ3n) is 3.47. The van der Waals surface area contributed by atoms with Crippen LogP contribution in [-0.4, -0.2) is 4.92 Å². The quantitative estimate of drug-likeness (QED) is 0.629. The van der Waals surface area contributed by atoms with E-state index < -0.39 is 0 Å². The Labute approximate surface area is 94.6 Å². The summed E-state index contributed by atoms with van der Waals surface area (Å²) in [6.45, 7) is 1.75. The summed E-state index contributed by atoms with van der Waals surface area (Å²) in [7, 11) is 0. The molecule has 1 atom stereocenters. The molecule has 4 nitrogen and oxygen atoms in total. The first kappa shape index (κ1) is 11.1. The van der Waals surface area contributed by atoms with Gasteiger partial charge in [-0.1, -0.05) is 18.6 Å². The molecule has 2 rings (SSSR count). The highest BCUT2D eigenvalue weighted by Crippen LogP contribution is 2.37. The second-order valence-electron chi connectivity index (χ2n) is 4.52. The van der Waals surface area contributed by atoms with Crippen LogP contribution in [-0.2, 0) is 0 Å². The maximum Gasteiger partial charge on any atom is 0.272 e. The third-order valence-corrected chi connectivity index (χ3v) is 3.47. The van der Waals surface area contributed by atoms with Crippen LogP contribution < -0.4 is 5.73 Å². The fourth-order valence-electron chi connectivity index (χ4n) is 2.10. The van der Waals surface area contributed by atoms with Crippen molar-refractivity contribution >= 4 is 5.69 Å². The smallest absolute Gasteiger partial charge is 0.272 e. The maximum atomic E-state index is 10.8. The predicted molar refractivity (Wildman–Crippen MR) is 62.1 cm³/mol. The van der Waals surface area contributed by atoms with E-state index in [0.717, 1.165) is 18.4 Å². The second-order valence-corrected chi connectivity index (χ2v) is 4.52. The second kappa shape index (κ2) is 4.22. The standard InChI is InChI=1S/C12H16N2O2/c1-8-5-6-10(7-11(8)14(15)16)12(13)9-3-2-4-9/h5-7,9,12H,2-4,13H2,1H3/t12-/m0/s1. The van der Waals surface area contributed by atoms with Gasteiger partial charge in [0.15, 0.2) is 0 Å². The van der Waals surface area contributed by atoms with Crippen LogP contribution in [0.4, 0.5) is 5.69 Å². The van der Waals surface area contributed by atoms with Crippen molar-refractivity contribution in [1.82, 2.24) is 0 Å². The Kier molecular flexibility index (Phi) is 2.92. The van der Waals surface area contributed by atoms with Gasteiger partial charge in [-0.25, -0.2) is 0 Å². The largest absolute Gasteiger partial charge is 0.324 e. The number of benzene rings is 1. The Morgan fingerprint density at radius 1 is 1.50 bits per heavy atom. The molecular formula is C12H16N2O2. The molecule has 0 aromatic heterocycles. The Morgan fingerprint density at radius 3 is 2.69 bits per heavy atom. The van der Waals surface area contributed by atoms with Crippen molar-refractivity contribution in [3.05, 3.63) is 39.4 Å². The SMILES string of the molecule is Cc1ccc([C@@H](N)C2CCC2)cc1[N+](=O)[O-]. The molecule has 1 aromatic rings. The highest BCUT2D eigenvalue weighted by atomic mass is 16.6. The van der Waals surface area contributed by atoms with Crippen molar-refractivity contribution in [1.29, 1.82) is 0 Å². The van der Waals surface area contributed by atoms with E-state index >= 15 is 0 Å². The van der Waals surface area contributed by atoms with Crippen molar-refractivity contribution in [2.45, 2.75) is 32.2 Å². The number of hydrogen-bond donors (Lipinski definition) is 1. The summed E-state index contributed by atoms with van der Waals surface area (Å²) in [4.78, 5) is 10.5. The lowest BCUT2D eigenvalue weighted by atomic mass is 9.77. The fraction of sp³-hybridized carbons (Fsp3) is 0.500. The van der Waals surface area contributed by atoms with Crippen LogP contribution in [0.25, 0.3) is 0 Å². The molecule has 4 heteroatoms. The zero-order valence-corrected chi connectivity index (χ0v) is 9.35. The molecule has 0 heterocycles. The van der Waals surface area contributed by atoms with Gasteiger partial charge in [0.2, 0.25) is 0 Å². The molecule has 0 amide bonds. The fourth-order valence-corrected chi connectivity index (χ4v) is 2.10. The summed E-state index contributed by atoms with van der Waals surface area (Å²) in [6, 6.07) is 5.27. The van der Waals surface area contributed by atoms with E-state index in [2.05, 4.69) is 0 Å². The molecule has 1 saturated carbocycles. The van der Waals surface area contributed by atoms with Gasteiger partial charge in [0.05, 0.1) is 4.92 Å². The molecule has 2 N–H and O–H groups in total. The molecule has 0 aliphatic heterocycles. The number of aryl methyl sites for hydroxylation is 1. The Hall–Kier alpha value is -1.42. The van der Waals surface area contributed by atoms with E-state index in [4.69, 9.17) is 5.73 Å². The van der Waals surface area contributed by atoms with Gasteiger partial charge >= 0.3 is 0 Å². The zero-order valence-electron chi connectivity index (χ0n) is 9.35. The van der Waals surface area contributed by atoms with Gasteiger partial charge in [0.1, 0.15) is 0 Å². The average molecular weight is 220 g/mol. The number of nitro groups is 1. The van der Waals surface area contributed by atoms with Gasteiger partial charge in [-0.05, 0) is 31.2 Å². The Bertz CT molecular complexity index is 413. The molecular weight excluding hydrogens is 204 g/mol. The summed E-state index contributed by atoms with van der Waals surface area (Å²) in [6.07, 6.45) is 3.51. The zero-order chi connectivity index (χ0) is 11.7. The van der Waals surface area contributed by atoms with Crippen LogP contribution in [0, 0.1) is 23.0 Å². The lowest BCUT2D eigenvalue weighted by molar-refractivity contribution is -0.385. The van der Waals surface area contributed by atoms with E-state index in [-0.39, 0.29) is 16.7 Å². The Balaban J connectivity index is 2.27. The van der Waals surface area contributed by atoms with Gasteiger partial charge in [-0.15, -0.1) is 0 Å².